The average molecular weight is 387 g/mol. The molecule has 1 N–H and O–H groups in total. The summed E-state index contributed by atoms with van der Waals surface area (Å²) in [5.41, 5.74) is -0.238. The summed E-state index contributed by atoms with van der Waals surface area (Å²) in [6, 6.07) is 10.3. The number of fused-ring (bicyclic) bond motifs is 1. The minimum absolute atomic E-state index is 0.0231. The largest absolute Gasteiger partial charge is 0.307 e. The van der Waals surface area contributed by atoms with Crippen LogP contribution in [0.2, 0.25) is 0 Å². The predicted molar refractivity (Wildman–Crippen MR) is 100 cm³/mol. The van der Waals surface area contributed by atoms with E-state index >= 15 is 0 Å². The summed E-state index contributed by atoms with van der Waals surface area (Å²) in [5.74, 6) is -0.183. The highest BCUT2D eigenvalue weighted by atomic mass is 32.2. The number of aromatic nitrogens is 2. The van der Waals surface area contributed by atoms with Crippen LogP contribution in [0.4, 0.5) is 4.39 Å². The molecule has 1 unspecified atom stereocenters. The normalized spacial score (nSPS) is 17.5. The predicted octanol–water partition coefficient (Wildman–Crippen LogP) is 2.35. The highest BCUT2D eigenvalue weighted by molar-refractivity contribution is 7.91. The van der Waals surface area contributed by atoms with E-state index in [9.17, 15) is 17.6 Å². The average Bonchev–Trinajstić information content (AvgIpc) is 3.16. The van der Waals surface area contributed by atoms with Gasteiger partial charge in [-0.05, 0) is 43.7 Å². The van der Waals surface area contributed by atoms with Crippen molar-refractivity contribution in [3.63, 3.8) is 0 Å². The Morgan fingerprint density at radius 1 is 1.19 bits per heavy atom. The van der Waals surface area contributed by atoms with Crippen molar-refractivity contribution in [3.05, 3.63) is 64.5 Å². The molecule has 2 heterocycles. The van der Waals surface area contributed by atoms with Gasteiger partial charge in [0, 0.05) is 6.26 Å². The van der Waals surface area contributed by atoms with Crippen LogP contribution in [0.15, 0.2) is 52.2 Å². The van der Waals surface area contributed by atoms with Gasteiger partial charge in [0.15, 0.2) is 9.84 Å². The van der Waals surface area contributed by atoms with Gasteiger partial charge in [-0.3, -0.25) is 9.36 Å². The second-order valence-corrected chi connectivity index (χ2v) is 8.62. The fraction of sp³-hybridized carbons (Fsp3) is 0.263. The molecule has 1 fully saturated rings. The van der Waals surface area contributed by atoms with Gasteiger partial charge in [0.1, 0.15) is 11.6 Å². The molecule has 4 rings (SSSR count). The first-order valence-corrected chi connectivity index (χ1v) is 10.5. The maximum absolute atomic E-state index is 14.5. The van der Waals surface area contributed by atoms with Gasteiger partial charge < -0.3 is 5.32 Å². The number of sulfone groups is 1. The Hall–Kier alpha value is -2.58. The Bertz CT molecular complexity index is 1200. The minimum Gasteiger partial charge on any atom is -0.307 e. The van der Waals surface area contributed by atoms with Gasteiger partial charge in [-0.2, -0.15) is 0 Å². The van der Waals surface area contributed by atoms with Crippen molar-refractivity contribution in [2.75, 3.05) is 12.8 Å². The summed E-state index contributed by atoms with van der Waals surface area (Å²) < 4.78 is 40.1. The van der Waals surface area contributed by atoms with Crippen molar-refractivity contribution in [1.29, 1.82) is 0 Å². The molecule has 1 aliphatic heterocycles. The standard InChI is InChI=1S/C19H18FN3O3S/c1-27(25,26)16-10-4-7-13-17(16)19(24)23(15-9-3-2-6-12(15)20)18(22-13)14-8-5-11-21-14/h2-4,6-7,9-10,14,21H,5,8,11H2,1H3. The van der Waals surface area contributed by atoms with Gasteiger partial charge in [-0.25, -0.2) is 17.8 Å². The Morgan fingerprint density at radius 3 is 2.63 bits per heavy atom. The van der Waals surface area contributed by atoms with E-state index in [0.717, 1.165) is 25.6 Å². The van der Waals surface area contributed by atoms with E-state index in [0.29, 0.717) is 11.3 Å². The molecule has 0 radical (unpaired) electrons. The highest BCUT2D eigenvalue weighted by Gasteiger charge is 2.26. The number of benzene rings is 2. The Balaban J connectivity index is 2.16. The summed E-state index contributed by atoms with van der Waals surface area (Å²) in [6.07, 6.45) is 2.72. The van der Waals surface area contributed by atoms with Crippen molar-refractivity contribution in [2.45, 2.75) is 23.8 Å². The van der Waals surface area contributed by atoms with E-state index in [-0.39, 0.29) is 22.0 Å². The summed E-state index contributed by atoms with van der Waals surface area (Å²) in [6.45, 7) is 0.777. The molecule has 0 aliphatic carbocycles. The van der Waals surface area contributed by atoms with Crippen LogP contribution in [0, 0.1) is 5.82 Å². The molecular weight excluding hydrogens is 369 g/mol. The third kappa shape index (κ3) is 3.04. The fourth-order valence-corrected chi connectivity index (χ4v) is 4.42. The highest BCUT2D eigenvalue weighted by Crippen LogP contribution is 2.27. The van der Waals surface area contributed by atoms with E-state index in [1.165, 1.54) is 28.8 Å². The molecule has 2 aromatic carbocycles. The number of hydrogen-bond acceptors (Lipinski definition) is 5. The molecule has 0 amide bonds. The second-order valence-electron chi connectivity index (χ2n) is 6.63. The Morgan fingerprint density at radius 2 is 1.96 bits per heavy atom. The van der Waals surface area contributed by atoms with Crippen LogP contribution in [0.3, 0.4) is 0 Å². The number of para-hydroxylation sites is 1. The Kier molecular flexibility index (Phi) is 4.32. The molecule has 0 spiro atoms. The van der Waals surface area contributed by atoms with Crippen molar-refractivity contribution >= 4 is 20.7 Å². The summed E-state index contributed by atoms with van der Waals surface area (Å²) in [4.78, 5) is 17.9. The van der Waals surface area contributed by atoms with Crippen LogP contribution in [0.5, 0.6) is 0 Å². The lowest BCUT2D eigenvalue weighted by Gasteiger charge is -2.19. The first-order valence-electron chi connectivity index (χ1n) is 8.62. The van der Waals surface area contributed by atoms with Gasteiger partial charge in [-0.1, -0.05) is 18.2 Å². The zero-order chi connectivity index (χ0) is 19.2. The van der Waals surface area contributed by atoms with Gasteiger partial charge in [0.2, 0.25) is 0 Å². The molecule has 8 heteroatoms. The third-order valence-electron chi connectivity index (χ3n) is 4.75. The maximum Gasteiger partial charge on any atom is 0.267 e. The van der Waals surface area contributed by atoms with Crippen LogP contribution < -0.4 is 10.9 Å². The third-order valence-corrected chi connectivity index (χ3v) is 5.89. The number of nitrogens with zero attached hydrogens (tertiary/aromatic N) is 2. The first-order chi connectivity index (χ1) is 12.9. The van der Waals surface area contributed by atoms with Gasteiger partial charge in [-0.15, -0.1) is 0 Å². The molecule has 6 nitrogen and oxygen atoms in total. The van der Waals surface area contributed by atoms with E-state index in [1.54, 1.807) is 18.2 Å². The molecule has 1 saturated heterocycles. The van der Waals surface area contributed by atoms with Gasteiger partial charge in [0.25, 0.3) is 5.56 Å². The van der Waals surface area contributed by atoms with Crippen LogP contribution in [0.25, 0.3) is 16.6 Å². The lowest BCUT2D eigenvalue weighted by atomic mass is 10.1. The topological polar surface area (TPSA) is 81.1 Å². The van der Waals surface area contributed by atoms with Crippen LogP contribution in [-0.2, 0) is 9.84 Å². The zero-order valence-corrected chi connectivity index (χ0v) is 15.5. The molecule has 0 saturated carbocycles. The summed E-state index contributed by atoms with van der Waals surface area (Å²) in [7, 11) is -3.66. The number of nitrogens with one attached hydrogen (secondary N) is 1. The van der Waals surface area contributed by atoms with E-state index in [1.807, 2.05) is 0 Å². The Labute approximate surface area is 155 Å². The van der Waals surface area contributed by atoms with Crippen LogP contribution >= 0.6 is 0 Å². The first kappa shape index (κ1) is 17.8. The van der Waals surface area contributed by atoms with E-state index < -0.39 is 21.2 Å². The van der Waals surface area contributed by atoms with Crippen molar-refractivity contribution in [2.24, 2.45) is 0 Å². The monoisotopic (exact) mass is 387 g/mol. The van der Waals surface area contributed by atoms with Crippen molar-refractivity contribution in [3.8, 4) is 5.69 Å². The number of hydrogen-bond donors (Lipinski definition) is 1. The number of halogens is 1. The minimum atomic E-state index is -3.66. The lowest BCUT2D eigenvalue weighted by Crippen LogP contribution is -2.30. The molecule has 0 bridgehead atoms. The van der Waals surface area contributed by atoms with E-state index in [4.69, 9.17) is 0 Å². The fourth-order valence-electron chi connectivity index (χ4n) is 3.53. The van der Waals surface area contributed by atoms with Crippen molar-refractivity contribution in [1.82, 2.24) is 14.9 Å². The van der Waals surface area contributed by atoms with Crippen LogP contribution in [0.1, 0.15) is 24.7 Å². The molecule has 3 aromatic rings. The van der Waals surface area contributed by atoms with Crippen LogP contribution in [-0.4, -0.2) is 30.8 Å². The molecule has 27 heavy (non-hydrogen) atoms. The molecular formula is C19H18FN3O3S. The molecule has 140 valence electrons. The quantitative estimate of drug-likeness (QED) is 0.746. The van der Waals surface area contributed by atoms with Gasteiger partial charge in [0.05, 0.1) is 27.5 Å². The zero-order valence-electron chi connectivity index (χ0n) is 14.6. The summed E-state index contributed by atoms with van der Waals surface area (Å²) >= 11 is 0. The maximum atomic E-state index is 14.5. The molecule has 1 atom stereocenters. The van der Waals surface area contributed by atoms with Gasteiger partial charge >= 0.3 is 0 Å². The summed E-state index contributed by atoms with van der Waals surface area (Å²) in [5, 5.41) is 3.25. The van der Waals surface area contributed by atoms with Crippen molar-refractivity contribution < 1.29 is 12.8 Å². The smallest absolute Gasteiger partial charge is 0.267 e. The SMILES string of the molecule is CS(=O)(=O)c1cccc2nc(C3CCCN3)n(-c3ccccc3F)c(=O)c12. The molecule has 1 aliphatic rings. The lowest BCUT2D eigenvalue weighted by molar-refractivity contribution is 0.566. The van der Waals surface area contributed by atoms with E-state index in [2.05, 4.69) is 10.3 Å². The second kappa shape index (κ2) is 6.54. The molecule has 1 aromatic heterocycles. The number of rotatable bonds is 3.